The molecule has 1 N–H and O–H groups in total. The van der Waals surface area contributed by atoms with Gasteiger partial charge in [-0.2, -0.15) is 0 Å². The number of halogens is 2. The van der Waals surface area contributed by atoms with Gasteiger partial charge in [0.15, 0.2) is 0 Å². The topological polar surface area (TPSA) is 77.1 Å². The molecule has 0 unspecified atom stereocenters. The molecular formula is C21H30Cl2N2O5. The molecule has 1 amide bonds. The van der Waals surface area contributed by atoms with E-state index in [9.17, 15) is 9.59 Å². The van der Waals surface area contributed by atoms with Crippen LogP contribution in [0.25, 0.3) is 0 Å². The van der Waals surface area contributed by atoms with Crippen LogP contribution in [0.4, 0.5) is 4.79 Å². The first-order valence-electron chi connectivity index (χ1n) is 9.86. The van der Waals surface area contributed by atoms with Gasteiger partial charge in [0.1, 0.15) is 11.4 Å². The fraction of sp³-hybridized carbons (Fsp3) is 0.619. The second-order valence-electron chi connectivity index (χ2n) is 8.24. The lowest BCUT2D eigenvalue weighted by Crippen LogP contribution is -2.41. The van der Waals surface area contributed by atoms with E-state index in [0.717, 1.165) is 5.56 Å². The van der Waals surface area contributed by atoms with Gasteiger partial charge in [-0.15, -0.1) is 0 Å². The minimum absolute atomic E-state index is 0.0516. The van der Waals surface area contributed by atoms with E-state index in [0.29, 0.717) is 41.7 Å². The summed E-state index contributed by atoms with van der Waals surface area (Å²) in [5.74, 6) is 0.256. The number of likely N-dealkylation sites (tertiary alicyclic amines) is 1. The molecular weight excluding hydrogens is 431 g/mol. The molecule has 0 radical (unpaired) electrons. The van der Waals surface area contributed by atoms with Gasteiger partial charge < -0.3 is 24.4 Å². The molecule has 0 saturated carbocycles. The van der Waals surface area contributed by atoms with E-state index >= 15 is 0 Å². The van der Waals surface area contributed by atoms with Crippen molar-refractivity contribution in [1.82, 2.24) is 10.2 Å². The fourth-order valence-corrected chi connectivity index (χ4v) is 4.06. The van der Waals surface area contributed by atoms with Gasteiger partial charge >= 0.3 is 12.1 Å². The number of hydrogen-bond acceptors (Lipinski definition) is 6. The molecule has 1 heterocycles. The number of methoxy groups -OCH3 is 2. The van der Waals surface area contributed by atoms with Gasteiger partial charge in [0.05, 0.1) is 30.8 Å². The standard InChI is InChI=1S/C21H30Cl2N2O5/c1-21(2,3)30-20(27)25-12-13(10-14(25)8-9-24-11-17(26)29-5)18-16(28-4)7-6-15(22)19(18)23/h6-7,13-14,24H,8-12H2,1-5H3/t13-,14+/m0/s1. The quantitative estimate of drug-likeness (QED) is 0.484. The SMILES string of the molecule is COC(=O)CNCC[C@@H]1C[C@H](c2c(OC)ccc(Cl)c2Cl)CN1C(=O)OC(C)(C)C. The Morgan fingerprint density at radius 1 is 1.23 bits per heavy atom. The van der Waals surface area contributed by atoms with E-state index in [1.807, 2.05) is 20.8 Å². The molecule has 7 nitrogen and oxygen atoms in total. The van der Waals surface area contributed by atoms with Gasteiger partial charge in [-0.05, 0) is 52.3 Å². The molecule has 0 bridgehead atoms. The van der Waals surface area contributed by atoms with Crippen LogP contribution in [-0.2, 0) is 14.3 Å². The largest absolute Gasteiger partial charge is 0.496 e. The van der Waals surface area contributed by atoms with Crippen LogP contribution in [0.5, 0.6) is 5.75 Å². The van der Waals surface area contributed by atoms with Crippen molar-refractivity contribution in [2.75, 3.05) is 33.9 Å². The van der Waals surface area contributed by atoms with Crippen molar-refractivity contribution in [1.29, 1.82) is 0 Å². The zero-order valence-corrected chi connectivity index (χ0v) is 19.6. The molecule has 1 saturated heterocycles. The Kier molecular flexibility index (Phi) is 8.64. The molecule has 2 atom stereocenters. The van der Waals surface area contributed by atoms with Crippen molar-refractivity contribution in [3.05, 3.63) is 27.7 Å². The first kappa shape index (κ1) is 24.6. The van der Waals surface area contributed by atoms with Crippen molar-refractivity contribution in [2.45, 2.75) is 51.2 Å². The second-order valence-corrected chi connectivity index (χ2v) is 9.02. The lowest BCUT2D eigenvalue weighted by atomic mass is 9.94. The molecule has 1 aliphatic heterocycles. The summed E-state index contributed by atoms with van der Waals surface area (Å²) >= 11 is 12.7. The molecule has 1 aromatic rings. The summed E-state index contributed by atoms with van der Waals surface area (Å²) in [6.07, 6.45) is 0.947. The number of nitrogens with zero attached hydrogens (tertiary/aromatic N) is 1. The zero-order valence-electron chi connectivity index (χ0n) is 18.1. The Labute approximate surface area is 187 Å². The average molecular weight is 461 g/mol. The van der Waals surface area contributed by atoms with Gasteiger partial charge in [0.2, 0.25) is 0 Å². The highest BCUT2D eigenvalue weighted by molar-refractivity contribution is 6.42. The number of nitrogens with one attached hydrogen (secondary N) is 1. The van der Waals surface area contributed by atoms with Crippen LogP contribution in [-0.4, -0.2) is 62.5 Å². The number of ether oxygens (including phenoxy) is 3. The van der Waals surface area contributed by atoms with Crippen LogP contribution in [0.1, 0.15) is 45.1 Å². The van der Waals surface area contributed by atoms with E-state index in [2.05, 4.69) is 10.1 Å². The van der Waals surface area contributed by atoms with Gasteiger partial charge in [0.25, 0.3) is 0 Å². The Morgan fingerprint density at radius 2 is 1.93 bits per heavy atom. The van der Waals surface area contributed by atoms with Gasteiger partial charge in [0, 0.05) is 24.1 Å². The van der Waals surface area contributed by atoms with E-state index in [-0.39, 0.29) is 30.6 Å². The number of hydrogen-bond donors (Lipinski definition) is 1. The minimum atomic E-state index is -0.603. The van der Waals surface area contributed by atoms with Crippen LogP contribution in [0.2, 0.25) is 10.0 Å². The molecule has 168 valence electrons. The maximum atomic E-state index is 12.9. The lowest BCUT2D eigenvalue weighted by molar-refractivity contribution is -0.139. The molecule has 1 aromatic carbocycles. The van der Waals surface area contributed by atoms with Crippen molar-refractivity contribution in [3.63, 3.8) is 0 Å². The molecule has 30 heavy (non-hydrogen) atoms. The van der Waals surface area contributed by atoms with E-state index in [4.69, 9.17) is 32.7 Å². The first-order chi connectivity index (χ1) is 14.1. The third kappa shape index (κ3) is 6.40. The number of amides is 1. The molecule has 9 heteroatoms. The third-order valence-electron chi connectivity index (χ3n) is 4.91. The smallest absolute Gasteiger partial charge is 0.410 e. The summed E-state index contributed by atoms with van der Waals surface area (Å²) in [5.41, 5.74) is 0.194. The minimum Gasteiger partial charge on any atom is -0.496 e. The fourth-order valence-electron chi connectivity index (χ4n) is 3.58. The summed E-state index contributed by atoms with van der Waals surface area (Å²) in [5, 5.41) is 3.93. The number of carbonyl (C=O) groups excluding carboxylic acids is 2. The lowest BCUT2D eigenvalue weighted by Gasteiger charge is -2.28. The highest BCUT2D eigenvalue weighted by Crippen LogP contribution is 2.44. The Morgan fingerprint density at radius 3 is 2.53 bits per heavy atom. The van der Waals surface area contributed by atoms with Crippen LogP contribution >= 0.6 is 23.2 Å². The van der Waals surface area contributed by atoms with Crippen molar-refractivity contribution in [3.8, 4) is 5.75 Å². The molecule has 0 aliphatic carbocycles. The maximum absolute atomic E-state index is 12.9. The van der Waals surface area contributed by atoms with Crippen LogP contribution in [0, 0.1) is 0 Å². The van der Waals surface area contributed by atoms with Crippen molar-refractivity contribution in [2.24, 2.45) is 0 Å². The Hall–Kier alpha value is -1.70. The Balaban J connectivity index is 2.20. The van der Waals surface area contributed by atoms with Gasteiger partial charge in [-0.3, -0.25) is 4.79 Å². The summed E-state index contributed by atoms with van der Waals surface area (Å²) < 4.78 is 15.7. The normalized spacial score (nSPS) is 19.0. The third-order valence-corrected chi connectivity index (χ3v) is 5.73. The molecule has 0 spiro atoms. The summed E-state index contributed by atoms with van der Waals surface area (Å²) in [7, 11) is 2.93. The highest BCUT2D eigenvalue weighted by atomic mass is 35.5. The number of benzene rings is 1. The number of carbonyl (C=O) groups is 2. The molecule has 1 fully saturated rings. The van der Waals surface area contributed by atoms with Crippen LogP contribution in [0.15, 0.2) is 12.1 Å². The first-order valence-corrected chi connectivity index (χ1v) is 10.6. The summed E-state index contributed by atoms with van der Waals surface area (Å²) in [6, 6.07) is 3.39. The van der Waals surface area contributed by atoms with Crippen LogP contribution < -0.4 is 10.1 Å². The number of rotatable bonds is 7. The average Bonchev–Trinajstić information content (AvgIpc) is 3.09. The van der Waals surface area contributed by atoms with Crippen molar-refractivity contribution >= 4 is 35.3 Å². The van der Waals surface area contributed by atoms with Crippen molar-refractivity contribution < 1.29 is 23.8 Å². The summed E-state index contributed by atoms with van der Waals surface area (Å²) in [6.45, 7) is 6.61. The van der Waals surface area contributed by atoms with Gasteiger partial charge in [-0.25, -0.2) is 4.79 Å². The molecule has 0 aromatic heterocycles. The Bertz CT molecular complexity index is 766. The predicted octanol–water partition coefficient (Wildman–Crippen LogP) is 4.25. The molecule has 1 aliphatic rings. The highest BCUT2D eigenvalue weighted by Gasteiger charge is 2.39. The van der Waals surface area contributed by atoms with E-state index in [1.165, 1.54) is 7.11 Å². The maximum Gasteiger partial charge on any atom is 0.410 e. The zero-order chi connectivity index (χ0) is 22.5. The molecule has 2 rings (SSSR count). The number of esters is 1. The van der Waals surface area contributed by atoms with Gasteiger partial charge in [-0.1, -0.05) is 23.2 Å². The van der Waals surface area contributed by atoms with Crippen LogP contribution in [0.3, 0.4) is 0 Å². The predicted molar refractivity (Wildman–Crippen MR) is 117 cm³/mol. The van der Waals surface area contributed by atoms with E-state index < -0.39 is 5.60 Å². The summed E-state index contributed by atoms with van der Waals surface area (Å²) in [4.78, 5) is 25.9. The van der Waals surface area contributed by atoms with E-state index in [1.54, 1.807) is 24.1 Å². The second kappa shape index (κ2) is 10.6. The monoisotopic (exact) mass is 460 g/mol.